The summed E-state index contributed by atoms with van der Waals surface area (Å²) in [6, 6.07) is 6.44. The van der Waals surface area contributed by atoms with E-state index in [9.17, 15) is 0 Å². The van der Waals surface area contributed by atoms with Gasteiger partial charge in [-0.2, -0.15) is 0 Å². The van der Waals surface area contributed by atoms with Crippen LogP contribution in [0.1, 0.15) is 36.9 Å². The van der Waals surface area contributed by atoms with E-state index in [2.05, 4.69) is 18.7 Å². The van der Waals surface area contributed by atoms with Crippen LogP contribution >= 0.6 is 0 Å². The van der Waals surface area contributed by atoms with Crippen molar-refractivity contribution in [2.75, 3.05) is 6.61 Å². The van der Waals surface area contributed by atoms with E-state index < -0.39 is 0 Å². The second-order valence-electron chi connectivity index (χ2n) is 4.61. The first-order chi connectivity index (χ1) is 7.66. The van der Waals surface area contributed by atoms with Crippen LogP contribution in [0.2, 0.25) is 0 Å². The molecule has 0 saturated heterocycles. The quantitative estimate of drug-likeness (QED) is 0.790. The molecule has 2 N–H and O–H groups in total. The van der Waals surface area contributed by atoms with E-state index in [1.54, 1.807) is 0 Å². The number of hydrogen-bond donors (Lipinski definition) is 1. The molecule has 0 bridgehead atoms. The molecular weight excluding hydrogens is 198 g/mol. The van der Waals surface area contributed by atoms with Crippen molar-refractivity contribution in [3.05, 3.63) is 41.5 Å². The predicted molar refractivity (Wildman–Crippen MR) is 66.6 cm³/mol. The lowest BCUT2D eigenvalue weighted by molar-refractivity contribution is 0.351. The van der Waals surface area contributed by atoms with Crippen molar-refractivity contribution >= 4 is 0 Å². The number of rotatable bonds is 3. The minimum atomic E-state index is 0.207. The maximum Gasteiger partial charge on any atom is 0.120 e. The second-order valence-corrected chi connectivity index (χ2v) is 4.61. The SMILES string of the molecule is C=C(C)COc1ccc2c(c1)CCCC2N. The highest BCUT2D eigenvalue weighted by atomic mass is 16.5. The minimum absolute atomic E-state index is 0.207. The molecule has 16 heavy (non-hydrogen) atoms. The molecule has 0 spiro atoms. The van der Waals surface area contributed by atoms with Crippen LogP contribution in [0, 0.1) is 0 Å². The van der Waals surface area contributed by atoms with Crippen molar-refractivity contribution in [1.82, 2.24) is 0 Å². The molecule has 1 unspecified atom stereocenters. The Kier molecular flexibility index (Phi) is 3.30. The normalized spacial score (nSPS) is 19.0. The largest absolute Gasteiger partial charge is 0.489 e. The van der Waals surface area contributed by atoms with Gasteiger partial charge in [0.25, 0.3) is 0 Å². The van der Waals surface area contributed by atoms with Gasteiger partial charge in [-0.1, -0.05) is 12.6 Å². The number of benzene rings is 1. The van der Waals surface area contributed by atoms with E-state index in [-0.39, 0.29) is 6.04 Å². The monoisotopic (exact) mass is 217 g/mol. The van der Waals surface area contributed by atoms with E-state index in [4.69, 9.17) is 10.5 Å². The van der Waals surface area contributed by atoms with E-state index in [0.717, 1.165) is 24.2 Å². The van der Waals surface area contributed by atoms with Gasteiger partial charge in [-0.15, -0.1) is 0 Å². The summed E-state index contributed by atoms with van der Waals surface area (Å²) in [4.78, 5) is 0. The average molecular weight is 217 g/mol. The van der Waals surface area contributed by atoms with Gasteiger partial charge in [0.05, 0.1) is 0 Å². The van der Waals surface area contributed by atoms with Crippen molar-refractivity contribution in [3.63, 3.8) is 0 Å². The molecule has 1 aliphatic rings. The molecule has 0 heterocycles. The molecule has 0 aliphatic heterocycles. The molecule has 86 valence electrons. The number of nitrogens with two attached hydrogens (primary N) is 1. The summed E-state index contributed by atoms with van der Waals surface area (Å²) in [6.07, 6.45) is 3.39. The first kappa shape index (κ1) is 11.2. The lowest BCUT2D eigenvalue weighted by atomic mass is 9.88. The molecule has 2 nitrogen and oxygen atoms in total. The van der Waals surface area contributed by atoms with Crippen molar-refractivity contribution in [3.8, 4) is 5.75 Å². The molecule has 0 amide bonds. The molecular formula is C14H19NO. The summed E-state index contributed by atoms with van der Waals surface area (Å²) in [5.74, 6) is 0.927. The highest BCUT2D eigenvalue weighted by Gasteiger charge is 2.16. The lowest BCUT2D eigenvalue weighted by Crippen LogP contribution is -2.17. The van der Waals surface area contributed by atoms with Gasteiger partial charge in [-0.25, -0.2) is 0 Å². The van der Waals surface area contributed by atoms with Crippen molar-refractivity contribution in [2.24, 2.45) is 5.73 Å². The van der Waals surface area contributed by atoms with E-state index in [0.29, 0.717) is 6.61 Å². The molecule has 1 aromatic carbocycles. The van der Waals surface area contributed by atoms with Gasteiger partial charge in [-0.3, -0.25) is 0 Å². The number of fused-ring (bicyclic) bond motifs is 1. The van der Waals surface area contributed by atoms with E-state index in [1.807, 2.05) is 13.0 Å². The van der Waals surface area contributed by atoms with Crippen LogP contribution in [0.25, 0.3) is 0 Å². The molecule has 0 aromatic heterocycles. The number of aryl methyl sites for hydroxylation is 1. The Morgan fingerprint density at radius 2 is 2.38 bits per heavy atom. The standard InChI is InChI=1S/C14H19NO/c1-10(2)9-16-12-6-7-13-11(8-12)4-3-5-14(13)15/h6-8,14H,1,3-5,9,15H2,2H3. The van der Waals surface area contributed by atoms with Gasteiger partial charge in [0.1, 0.15) is 12.4 Å². The van der Waals surface area contributed by atoms with Crippen molar-refractivity contribution < 1.29 is 4.74 Å². The number of ether oxygens (including phenoxy) is 1. The summed E-state index contributed by atoms with van der Waals surface area (Å²) in [5, 5.41) is 0. The van der Waals surface area contributed by atoms with Crippen molar-refractivity contribution in [1.29, 1.82) is 0 Å². The fourth-order valence-corrected chi connectivity index (χ4v) is 2.12. The zero-order valence-electron chi connectivity index (χ0n) is 9.83. The van der Waals surface area contributed by atoms with Gasteiger partial charge in [0.2, 0.25) is 0 Å². The number of hydrogen-bond acceptors (Lipinski definition) is 2. The zero-order valence-corrected chi connectivity index (χ0v) is 9.83. The van der Waals surface area contributed by atoms with Gasteiger partial charge in [0.15, 0.2) is 0 Å². The maximum absolute atomic E-state index is 6.06. The highest BCUT2D eigenvalue weighted by molar-refractivity contribution is 5.39. The average Bonchev–Trinajstić information content (AvgIpc) is 2.26. The van der Waals surface area contributed by atoms with Gasteiger partial charge < -0.3 is 10.5 Å². The van der Waals surface area contributed by atoms with E-state index in [1.165, 1.54) is 17.5 Å². The molecule has 2 rings (SSSR count). The van der Waals surface area contributed by atoms with E-state index >= 15 is 0 Å². The van der Waals surface area contributed by atoms with Crippen LogP contribution in [0.15, 0.2) is 30.4 Å². The third kappa shape index (κ3) is 2.45. The summed E-state index contributed by atoms with van der Waals surface area (Å²) >= 11 is 0. The Morgan fingerprint density at radius 1 is 1.56 bits per heavy atom. The second kappa shape index (κ2) is 4.71. The molecule has 0 fully saturated rings. The smallest absolute Gasteiger partial charge is 0.120 e. The Bertz CT molecular complexity index is 398. The predicted octanol–water partition coefficient (Wildman–Crippen LogP) is 2.98. The third-order valence-corrected chi connectivity index (χ3v) is 2.96. The fourth-order valence-electron chi connectivity index (χ4n) is 2.12. The molecule has 0 saturated carbocycles. The van der Waals surface area contributed by atoms with Gasteiger partial charge >= 0.3 is 0 Å². The topological polar surface area (TPSA) is 35.2 Å². The Morgan fingerprint density at radius 3 is 3.12 bits per heavy atom. The van der Waals surface area contributed by atoms with Crippen LogP contribution in [0.5, 0.6) is 5.75 Å². The molecule has 1 atom stereocenters. The van der Waals surface area contributed by atoms with Crippen molar-refractivity contribution in [2.45, 2.75) is 32.2 Å². The Balaban J connectivity index is 2.15. The van der Waals surface area contributed by atoms with Crippen LogP contribution in [-0.2, 0) is 6.42 Å². The Hall–Kier alpha value is -1.28. The van der Waals surface area contributed by atoms with Gasteiger partial charge in [0, 0.05) is 6.04 Å². The zero-order chi connectivity index (χ0) is 11.5. The van der Waals surface area contributed by atoms with Crippen LogP contribution in [-0.4, -0.2) is 6.61 Å². The summed E-state index contributed by atoms with van der Waals surface area (Å²) < 4.78 is 5.63. The van der Waals surface area contributed by atoms with Crippen LogP contribution < -0.4 is 10.5 Å². The van der Waals surface area contributed by atoms with Gasteiger partial charge in [-0.05, 0) is 55.0 Å². The van der Waals surface area contributed by atoms with Crippen LogP contribution in [0.4, 0.5) is 0 Å². The van der Waals surface area contributed by atoms with Crippen LogP contribution in [0.3, 0.4) is 0 Å². The Labute approximate surface area is 97.1 Å². The molecule has 0 radical (unpaired) electrons. The maximum atomic E-state index is 6.06. The fraction of sp³-hybridized carbons (Fsp3) is 0.429. The first-order valence-corrected chi connectivity index (χ1v) is 5.82. The minimum Gasteiger partial charge on any atom is -0.489 e. The summed E-state index contributed by atoms with van der Waals surface area (Å²) in [6.45, 7) is 6.38. The summed E-state index contributed by atoms with van der Waals surface area (Å²) in [5.41, 5.74) is 9.73. The third-order valence-electron chi connectivity index (χ3n) is 2.96. The molecule has 1 aliphatic carbocycles. The first-order valence-electron chi connectivity index (χ1n) is 5.82. The highest BCUT2D eigenvalue weighted by Crippen LogP contribution is 2.30. The lowest BCUT2D eigenvalue weighted by Gasteiger charge is -2.22. The molecule has 1 aromatic rings. The molecule has 2 heteroatoms. The summed E-state index contributed by atoms with van der Waals surface area (Å²) in [7, 11) is 0.